The molecule has 0 atom stereocenters. The monoisotopic (exact) mass is 223 g/mol. The molecule has 1 aliphatic heterocycles. The number of halogens is 1. The summed E-state index contributed by atoms with van der Waals surface area (Å²) < 4.78 is 13.3. The van der Waals surface area contributed by atoms with E-state index < -0.39 is 0 Å². The molecule has 0 aromatic heterocycles. The molecule has 2 nitrogen and oxygen atoms in total. The van der Waals surface area contributed by atoms with Crippen molar-refractivity contribution in [2.45, 2.75) is 26.4 Å². The van der Waals surface area contributed by atoms with E-state index in [0.29, 0.717) is 5.56 Å². The van der Waals surface area contributed by atoms with E-state index in [2.05, 4.69) is 11.8 Å². The molecule has 0 amide bonds. The molecule has 1 saturated heterocycles. The molecule has 88 valence electrons. The van der Waals surface area contributed by atoms with E-state index in [4.69, 9.17) is 5.11 Å². The Kier molecular flexibility index (Phi) is 3.44. The second kappa shape index (κ2) is 4.83. The Morgan fingerprint density at radius 3 is 2.62 bits per heavy atom. The molecule has 1 aliphatic rings. The highest BCUT2D eigenvalue weighted by Crippen LogP contribution is 2.24. The predicted octanol–water partition coefficient (Wildman–Crippen LogP) is 2.55. The molecule has 3 heteroatoms. The van der Waals surface area contributed by atoms with Gasteiger partial charge in [0.25, 0.3) is 0 Å². The summed E-state index contributed by atoms with van der Waals surface area (Å²) in [5.74, 6) is 0.502. The average molecular weight is 223 g/mol. The van der Waals surface area contributed by atoms with Crippen LogP contribution in [0.4, 0.5) is 10.1 Å². The van der Waals surface area contributed by atoms with Crippen LogP contribution in [-0.4, -0.2) is 18.2 Å². The molecule has 1 aromatic rings. The van der Waals surface area contributed by atoms with Crippen LogP contribution in [-0.2, 0) is 6.61 Å². The molecule has 0 saturated carbocycles. The Labute approximate surface area is 95.7 Å². The zero-order valence-corrected chi connectivity index (χ0v) is 9.62. The Balaban J connectivity index is 2.16. The zero-order valence-electron chi connectivity index (χ0n) is 9.62. The van der Waals surface area contributed by atoms with Gasteiger partial charge in [0.15, 0.2) is 0 Å². The summed E-state index contributed by atoms with van der Waals surface area (Å²) >= 11 is 0. The smallest absolute Gasteiger partial charge is 0.125 e. The fourth-order valence-corrected chi connectivity index (χ4v) is 2.17. The zero-order chi connectivity index (χ0) is 11.5. The summed E-state index contributed by atoms with van der Waals surface area (Å²) in [6.45, 7) is 4.11. The lowest BCUT2D eigenvalue weighted by atomic mass is 9.98. The molecule has 0 spiro atoms. The topological polar surface area (TPSA) is 23.5 Å². The van der Waals surface area contributed by atoms with Gasteiger partial charge in [0.2, 0.25) is 0 Å². The molecule has 1 heterocycles. The van der Waals surface area contributed by atoms with Gasteiger partial charge in [-0.25, -0.2) is 4.39 Å². The van der Waals surface area contributed by atoms with Crippen LogP contribution in [0.2, 0.25) is 0 Å². The predicted molar refractivity (Wildman–Crippen MR) is 62.9 cm³/mol. The minimum atomic E-state index is -0.264. The van der Waals surface area contributed by atoms with Crippen molar-refractivity contribution < 1.29 is 9.50 Å². The van der Waals surface area contributed by atoms with E-state index in [1.807, 2.05) is 6.07 Å². The second-order valence-electron chi connectivity index (χ2n) is 4.65. The Bertz CT molecular complexity index is 359. The first kappa shape index (κ1) is 11.4. The maximum absolute atomic E-state index is 13.3. The molecule has 1 N–H and O–H groups in total. The summed E-state index contributed by atoms with van der Waals surface area (Å²) in [7, 11) is 0. The van der Waals surface area contributed by atoms with Crippen molar-refractivity contribution in [3.8, 4) is 0 Å². The van der Waals surface area contributed by atoms with Crippen LogP contribution in [0.1, 0.15) is 25.3 Å². The largest absolute Gasteiger partial charge is 0.392 e. The highest BCUT2D eigenvalue weighted by Gasteiger charge is 2.16. The van der Waals surface area contributed by atoms with E-state index in [0.717, 1.165) is 37.5 Å². The molecule has 2 rings (SSSR count). The van der Waals surface area contributed by atoms with Gasteiger partial charge in [-0.2, -0.15) is 0 Å². The number of piperidine rings is 1. The van der Waals surface area contributed by atoms with Gasteiger partial charge in [-0.05, 0) is 42.5 Å². The van der Waals surface area contributed by atoms with Gasteiger partial charge in [-0.3, -0.25) is 0 Å². The summed E-state index contributed by atoms with van der Waals surface area (Å²) in [5, 5.41) is 9.04. The Morgan fingerprint density at radius 2 is 2.00 bits per heavy atom. The van der Waals surface area contributed by atoms with Crippen LogP contribution in [0.15, 0.2) is 18.2 Å². The van der Waals surface area contributed by atoms with E-state index in [9.17, 15) is 4.39 Å². The fourth-order valence-electron chi connectivity index (χ4n) is 2.17. The van der Waals surface area contributed by atoms with Gasteiger partial charge in [0.05, 0.1) is 6.61 Å². The van der Waals surface area contributed by atoms with Gasteiger partial charge in [-0.1, -0.05) is 6.92 Å². The van der Waals surface area contributed by atoms with Crippen molar-refractivity contribution in [3.63, 3.8) is 0 Å². The Morgan fingerprint density at radius 1 is 1.31 bits per heavy atom. The molecule has 0 radical (unpaired) electrons. The van der Waals surface area contributed by atoms with Crippen molar-refractivity contribution >= 4 is 5.69 Å². The summed E-state index contributed by atoms with van der Waals surface area (Å²) in [6.07, 6.45) is 2.32. The van der Waals surface area contributed by atoms with E-state index >= 15 is 0 Å². The van der Waals surface area contributed by atoms with Crippen molar-refractivity contribution in [1.29, 1.82) is 0 Å². The van der Waals surface area contributed by atoms with Gasteiger partial charge in [0.1, 0.15) is 5.82 Å². The maximum Gasteiger partial charge on any atom is 0.125 e. The normalized spacial score (nSPS) is 17.8. The number of hydrogen-bond acceptors (Lipinski definition) is 2. The standard InChI is InChI=1S/C13H18FNO/c1-10-2-4-15(5-3-10)13-7-11(9-16)6-12(14)8-13/h6-8,10,16H,2-5,9H2,1H3. The van der Waals surface area contributed by atoms with Gasteiger partial charge < -0.3 is 10.0 Å². The van der Waals surface area contributed by atoms with Crippen LogP contribution in [0.25, 0.3) is 0 Å². The SMILES string of the molecule is CC1CCN(c2cc(F)cc(CO)c2)CC1. The van der Waals surface area contributed by atoms with Gasteiger partial charge >= 0.3 is 0 Å². The third-order valence-electron chi connectivity index (χ3n) is 3.27. The third kappa shape index (κ3) is 2.53. The summed E-state index contributed by atoms with van der Waals surface area (Å²) in [5.41, 5.74) is 1.55. The van der Waals surface area contributed by atoms with E-state index in [-0.39, 0.29) is 12.4 Å². The van der Waals surface area contributed by atoms with Crippen LogP contribution in [0, 0.1) is 11.7 Å². The summed E-state index contributed by atoms with van der Waals surface area (Å²) in [6, 6.07) is 4.81. The summed E-state index contributed by atoms with van der Waals surface area (Å²) in [4.78, 5) is 2.20. The minimum absolute atomic E-state index is 0.102. The minimum Gasteiger partial charge on any atom is -0.392 e. The number of benzene rings is 1. The number of rotatable bonds is 2. The first-order chi connectivity index (χ1) is 7.69. The first-order valence-corrected chi connectivity index (χ1v) is 5.84. The molecule has 1 fully saturated rings. The van der Waals surface area contributed by atoms with Crippen LogP contribution in [0.3, 0.4) is 0 Å². The van der Waals surface area contributed by atoms with E-state index in [1.54, 1.807) is 6.07 Å². The molecule has 16 heavy (non-hydrogen) atoms. The van der Waals surface area contributed by atoms with Gasteiger partial charge in [-0.15, -0.1) is 0 Å². The van der Waals surface area contributed by atoms with Crippen molar-refractivity contribution in [2.24, 2.45) is 5.92 Å². The highest BCUT2D eigenvalue weighted by atomic mass is 19.1. The number of hydrogen-bond donors (Lipinski definition) is 1. The maximum atomic E-state index is 13.3. The molecule has 0 unspecified atom stereocenters. The van der Waals surface area contributed by atoms with Crippen molar-refractivity contribution in [3.05, 3.63) is 29.6 Å². The lowest BCUT2D eigenvalue weighted by molar-refractivity contribution is 0.281. The van der Waals surface area contributed by atoms with Crippen LogP contribution in [0.5, 0.6) is 0 Å². The number of nitrogens with zero attached hydrogens (tertiary/aromatic N) is 1. The average Bonchev–Trinajstić information content (AvgIpc) is 2.29. The molecule has 1 aromatic carbocycles. The van der Waals surface area contributed by atoms with Crippen LogP contribution < -0.4 is 4.90 Å². The van der Waals surface area contributed by atoms with Crippen molar-refractivity contribution in [1.82, 2.24) is 0 Å². The van der Waals surface area contributed by atoms with Gasteiger partial charge in [0, 0.05) is 18.8 Å². The second-order valence-corrected chi connectivity index (χ2v) is 4.65. The van der Waals surface area contributed by atoms with E-state index in [1.165, 1.54) is 6.07 Å². The molecular weight excluding hydrogens is 205 g/mol. The molecule has 0 aliphatic carbocycles. The number of anilines is 1. The number of aliphatic hydroxyl groups is 1. The quantitative estimate of drug-likeness (QED) is 0.833. The lowest BCUT2D eigenvalue weighted by Crippen LogP contribution is -2.32. The number of aliphatic hydroxyl groups excluding tert-OH is 1. The Hall–Kier alpha value is -1.09. The molecular formula is C13H18FNO. The lowest BCUT2D eigenvalue weighted by Gasteiger charge is -2.32. The molecule has 0 bridgehead atoms. The van der Waals surface area contributed by atoms with Crippen LogP contribution >= 0.6 is 0 Å². The van der Waals surface area contributed by atoms with Crippen molar-refractivity contribution in [2.75, 3.05) is 18.0 Å². The highest BCUT2D eigenvalue weighted by molar-refractivity contribution is 5.49. The fraction of sp³-hybridized carbons (Fsp3) is 0.538. The third-order valence-corrected chi connectivity index (χ3v) is 3.27. The first-order valence-electron chi connectivity index (χ1n) is 5.84.